The number of aliphatic carboxylic acids is 2. The highest BCUT2D eigenvalue weighted by Gasteiger charge is 2.31. The lowest BCUT2D eigenvalue weighted by molar-refractivity contribution is -0.145. The van der Waals surface area contributed by atoms with Crippen molar-refractivity contribution < 1.29 is 44.4 Å². The smallest absolute Gasteiger partial charge is 0.328 e. The van der Waals surface area contributed by atoms with E-state index in [1.54, 1.807) is 0 Å². The van der Waals surface area contributed by atoms with Gasteiger partial charge in [0.25, 0.3) is 0 Å². The highest BCUT2D eigenvalue weighted by molar-refractivity contribution is 5.94. The van der Waals surface area contributed by atoms with Crippen LogP contribution in [0.5, 0.6) is 0 Å². The van der Waals surface area contributed by atoms with Crippen LogP contribution >= 0.6 is 0 Å². The van der Waals surface area contributed by atoms with Gasteiger partial charge in [-0.15, -0.1) is 0 Å². The summed E-state index contributed by atoms with van der Waals surface area (Å²) in [5.41, 5.74) is 11.1. The van der Waals surface area contributed by atoms with Gasteiger partial charge in [0.2, 0.25) is 17.7 Å². The van der Waals surface area contributed by atoms with Gasteiger partial charge in [-0.05, 0) is 32.7 Å². The van der Waals surface area contributed by atoms with Crippen molar-refractivity contribution >= 4 is 29.7 Å². The number of carboxylic acid groups (broad SMARTS) is 2. The molecule has 184 valence electrons. The highest BCUT2D eigenvalue weighted by Crippen LogP contribution is 2.03. The van der Waals surface area contributed by atoms with Gasteiger partial charge in [0.1, 0.15) is 12.1 Å². The molecule has 0 aliphatic carbocycles. The molecule has 0 aliphatic rings. The van der Waals surface area contributed by atoms with Crippen LogP contribution in [0.25, 0.3) is 0 Å². The van der Waals surface area contributed by atoms with Crippen molar-refractivity contribution in [2.24, 2.45) is 11.5 Å². The van der Waals surface area contributed by atoms with Crippen molar-refractivity contribution in [3.05, 3.63) is 0 Å². The van der Waals surface area contributed by atoms with Gasteiger partial charge in [-0.3, -0.25) is 19.2 Å². The van der Waals surface area contributed by atoms with Gasteiger partial charge in [0, 0.05) is 6.42 Å². The number of hydrogen-bond acceptors (Lipinski definition) is 9. The van der Waals surface area contributed by atoms with Gasteiger partial charge in [-0.2, -0.15) is 0 Å². The summed E-state index contributed by atoms with van der Waals surface area (Å²) in [6.45, 7) is 0.613. The fourth-order valence-corrected chi connectivity index (χ4v) is 2.56. The fraction of sp³-hybridized carbons (Fsp3) is 0.722. The second kappa shape index (κ2) is 15.1. The first-order valence-corrected chi connectivity index (χ1v) is 10.0. The van der Waals surface area contributed by atoms with Crippen molar-refractivity contribution in [3.63, 3.8) is 0 Å². The molecule has 0 rings (SSSR count). The molecule has 11 N–H and O–H groups in total. The fourth-order valence-electron chi connectivity index (χ4n) is 2.56. The monoisotopic (exact) mass is 463 g/mol. The van der Waals surface area contributed by atoms with E-state index in [-0.39, 0.29) is 12.8 Å². The van der Waals surface area contributed by atoms with E-state index >= 15 is 0 Å². The van der Waals surface area contributed by atoms with E-state index in [4.69, 9.17) is 21.7 Å². The molecule has 0 radical (unpaired) electrons. The molecule has 5 unspecified atom stereocenters. The first-order valence-electron chi connectivity index (χ1n) is 10.0. The van der Waals surface area contributed by atoms with Crippen molar-refractivity contribution in [1.82, 2.24) is 16.0 Å². The number of nitrogens with two attached hydrogens (primary N) is 2. The molecule has 0 aromatic rings. The van der Waals surface area contributed by atoms with Crippen molar-refractivity contribution in [2.75, 3.05) is 13.2 Å². The van der Waals surface area contributed by atoms with Crippen LogP contribution in [0.2, 0.25) is 0 Å². The van der Waals surface area contributed by atoms with Gasteiger partial charge in [0.15, 0.2) is 6.04 Å². The number of nitrogens with one attached hydrogen (secondary N) is 3. The molecule has 0 aromatic carbocycles. The molecule has 0 saturated heterocycles. The Morgan fingerprint density at radius 2 is 1.44 bits per heavy atom. The summed E-state index contributed by atoms with van der Waals surface area (Å²) in [5, 5.41) is 43.2. The molecule has 3 amide bonds. The summed E-state index contributed by atoms with van der Waals surface area (Å²) < 4.78 is 0. The average Bonchev–Trinajstić information content (AvgIpc) is 2.71. The summed E-state index contributed by atoms with van der Waals surface area (Å²) in [7, 11) is 0. The predicted molar refractivity (Wildman–Crippen MR) is 110 cm³/mol. The summed E-state index contributed by atoms with van der Waals surface area (Å²) in [6.07, 6.45) is -0.782. The molecule has 14 heteroatoms. The number of carbonyl (C=O) groups excluding carboxylic acids is 3. The molecular formula is C18H33N5O9. The number of hydrogen-bond donors (Lipinski definition) is 9. The highest BCUT2D eigenvalue weighted by atomic mass is 16.4. The van der Waals surface area contributed by atoms with Crippen LogP contribution in [0.3, 0.4) is 0 Å². The maximum atomic E-state index is 12.6. The average molecular weight is 463 g/mol. The maximum Gasteiger partial charge on any atom is 0.328 e. The molecule has 0 saturated carbocycles. The van der Waals surface area contributed by atoms with E-state index in [2.05, 4.69) is 10.6 Å². The number of unbranched alkanes of at least 4 members (excludes halogenated alkanes) is 1. The second-order valence-corrected chi connectivity index (χ2v) is 7.19. The van der Waals surface area contributed by atoms with Crippen LogP contribution in [0.15, 0.2) is 0 Å². The lowest BCUT2D eigenvalue weighted by Gasteiger charge is -2.24. The van der Waals surface area contributed by atoms with E-state index in [1.807, 2.05) is 5.32 Å². The van der Waals surface area contributed by atoms with Crippen LogP contribution in [-0.4, -0.2) is 93.5 Å². The number of aliphatic hydroxyl groups excluding tert-OH is 2. The van der Waals surface area contributed by atoms with Crippen LogP contribution in [0, 0.1) is 0 Å². The number of aliphatic hydroxyl groups is 2. The van der Waals surface area contributed by atoms with Gasteiger partial charge in [0.05, 0.1) is 18.8 Å². The summed E-state index contributed by atoms with van der Waals surface area (Å²) in [4.78, 5) is 59.0. The number of amides is 3. The van der Waals surface area contributed by atoms with Crippen LogP contribution in [0.1, 0.15) is 39.0 Å². The Morgan fingerprint density at radius 3 is 1.91 bits per heavy atom. The Balaban J connectivity index is 5.23. The Bertz CT molecular complexity index is 659. The molecule has 0 spiro atoms. The van der Waals surface area contributed by atoms with E-state index in [9.17, 15) is 34.2 Å². The van der Waals surface area contributed by atoms with Gasteiger partial charge >= 0.3 is 11.9 Å². The Morgan fingerprint density at radius 1 is 0.875 bits per heavy atom. The topological polar surface area (TPSA) is 254 Å². The first-order chi connectivity index (χ1) is 14.9. The van der Waals surface area contributed by atoms with E-state index < -0.39 is 73.0 Å². The Hall–Kier alpha value is -2.81. The van der Waals surface area contributed by atoms with E-state index in [1.165, 1.54) is 0 Å². The van der Waals surface area contributed by atoms with Gasteiger partial charge in [-0.1, -0.05) is 6.42 Å². The zero-order chi connectivity index (χ0) is 24.8. The molecule has 5 atom stereocenters. The molecular weight excluding hydrogens is 430 g/mol. The number of carboxylic acids is 2. The predicted octanol–water partition coefficient (Wildman–Crippen LogP) is -3.78. The van der Waals surface area contributed by atoms with Crippen LogP contribution in [0.4, 0.5) is 0 Å². The molecule has 0 heterocycles. The lowest BCUT2D eigenvalue weighted by atomic mass is 10.1. The second-order valence-electron chi connectivity index (χ2n) is 7.19. The van der Waals surface area contributed by atoms with Gasteiger partial charge in [-0.25, -0.2) is 4.79 Å². The summed E-state index contributed by atoms with van der Waals surface area (Å²) >= 11 is 0. The van der Waals surface area contributed by atoms with Crippen molar-refractivity contribution in [1.29, 1.82) is 0 Å². The largest absolute Gasteiger partial charge is 0.481 e. The van der Waals surface area contributed by atoms with E-state index in [0.29, 0.717) is 19.4 Å². The third-order valence-electron chi connectivity index (χ3n) is 4.45. The lowest BCUT2D eigenvalue weighted by Crippen LogP contribution is -2.59. The summed E-state index contributed by atoms with van der Waals surface area (Å²) in [6, 6.07) is -5.66. The minimum absolute atomic E-state index is 0.286. The third kappa shape index (κ3) is 11.0. The minimum Gasteiger partial charge on any atom is -0.481 e. The minimum atomic E-state index is -1.69. The maximum absolute atomic E-state index is 12.6. The first kappa shape index (κ1) is 29.2. The van der Waals surface area contributed by atoms with Crippen molar-refractivity contribution in [3.8, 4) is 0 Å². The SMILES string of the molecule is CC(O)C(NC(=O)C(CO)NC(=O)C(CCC(=O)O)NC(=O)C(N)CCCCN)C(=O)O. The molecule has 32 heavy (non-hydrogen) atoms. The molecule has 0 aliphatic heterocycles. The zero-order valence-electron chi connectivity index (χ0n) is 17.8. The number of carbonyl (C=O) groups is 5. The van der Waals surface area contributed by atoms with Gasteiger partial charge < -0.3 is 47.8 Å². The van der Waals surface area contributed by atoms with E-state index in [0.717, 1.165) is 6.92 Å². The zero-order valence-corrected chi connectivity index (χ0v) is 17.8. The van der Waals surface area contributed by atoms with Crippen LogP contribution < -0.4 is 27.4 Å². The Labute approximate surface area is 184 Å². The normalized spacial score (nSPS) is 15.5. The summed E-state index contributed by atoms with van der Waals surface area (Å²) in [5.74, 6) is -5.56. The molecule has 0 aromatic heterocycles. The third-order valence-corrected chi connectivity index (χ3v) is 4.45. The molecule has 0 bridgehead atoms. The quantitative estimate of drug-likeness (QED) is 0.100. The van der Waals surface area contributed by atoms with Crippen molar-refractivity contribution in [2.45, 2.75) is 69.3 Å². The standard InChI is InChI=1S/C18H33N5O9/c1-9(25)14(18(31)32)23-17(30)12(8-24)22-16(29)11(5-6-13(26)27)21-15(28)10(20)4-2-3-7-19/h9-12,14,24-25H,2-8,19-20H2,1H3,(H,21,28)(H,22,29)(H,23,30)(H,26,27)(H,31,32). The molecule has 14 nitrogen and oxygen atoms in total. The van der Waals surface area contributed by atoms with Crippen LogP contribution in [-0.2, 0) is 24.0 Å². The molecule has 0 fully saturated rings. The number of rotatable bonds is 16. The Kier molecular flexibility index (Phi) is 13.7.